The van der Waals surface area contributed by atoms with Gasteiger partial charge in [-0.05, 0) is 48.3 Å². The van der Waals surface area contributed by atoms with Gasteiger partial charge in [0.2, 0.25) is 0 Å². The Balaban J connectivity index is 2.89. The molecule has 1 aliphatic rings. The Bertz CT molecular complexity index is 259. The zero-order valence-corrected chi connectivity index (χ0v) is 15.2. The van der Waals surface area contributed by atoms with Crippen molar-refractivity contribution >= 4 is 0 Å². The molecule has 0 aromatic heterocycles. The van der Waals surface area contributed by atoms with Crippen LogP contribution in [0.25, 0.3) is 0 Å². The SMILES string of the molecule is CCCC(C)CC(CC)(CC)C1CCC1(CC)CCC. The molecular weight excluding hydrogens is 240 g/mol. The van der Waals surface area contributed by atoms with Gasteiger partial charge in [0.05, 0.1) is 0 Å². The van der Waals surface area contributed by atoms with Crippen LogP contribution in [0.1, 0.15) is 106 Å². The molecule has 0 aliphatic heterocycles. The summed E-state index contributed by atoms with van der Waals surface area (Å²) >= 11 is 0. The van der Waals surface area contributed by atoms with Gasteiger partial charge in [0.15, 0.2) is 0 Å². The molecule has 0 radical (unpaired) electrons. The van der Waals surface area contributed by atoms with Crippen molar-refractivity contribution in [2.45, 2.75) is 106 Å². The first kappa shape index (κ1) is 18.1. The topological polar surface area (TPSA) is 0 Å². The van der Waals surface area contributed by atoms with Crippen molar-refractivity contribution in [3.8, 4) is 0 Å². The third kappa shape index (κ3) is 3.42. The van der Waals surface area contributed by atoms with E-state index in [4.69, 9.17) is 0 Å². The lowest BCUT2D eigenvalue weighted by atomic mass is 9.46. The largest absolute Gasteiger partial charge is 0.0654 e. The van der Waals surface area contributed by atoms with Crippen molar-refractivity contribution in [2.24, 2.45) is 22.7 Å². The lowest BCUT2D eigenvalue weighted by Crippen LogP contribution is -2.50. The highest BCUT2D eigenvalue weighted by Crippen LogP contribution is 2.63. The van der Waals surface area contributed by atoms with Crippen LogP contribution in [0.5, 0.6) is 0 Å². The Morgan fingerprint density at radius 2 is 1.70 bits per heavy atom. The first-order chi connectivity index (χ1) is 9.54. The van der Waals surface area contributed by atoms with E-state index in [-0.39, 0.29) is 0 Å². The van der Waals surface area contributed by atoms with Crippen LogP contribution in [0.3, 0.4) is 0 Å². The first-order valence-electron chi connectivity index (χ1n) is 9.54. The minimum atomic E-state index is 0.637. The molecular formula is C20H40. The van der Waals surface area contributed by atoms with Crippen LogP contribution < -0.4 is 0 Å². The molecule has 20 heavy (non-hydrogen) atoms. The van der Waals surface area contributed by atoms with Crippen LogP contribution in [-0.2, 0) is 0 Å². The van der Waals surface area contributed by atoms with Gasteiger partial charge in [0.1, 0.15) is 0 Å². The minimum Gasteiger partial charge on any atom is -0.0654 e. The lowest BCUT2D eigenvalue weighted by Gasteiger charge is -2.59. The highest BCUT2D eigenvalue weighted by molar-refractivity contribution is 5.03. The molecule has 120 valence electrons. The predicted octanol–water partition coefficient (Wildman–Crippen LogP) is 7.23. The zero-order valence-electron chi connectivity index (χ0n) is 15.2. The van der Waals surface area contributed by atoms with E-state index in [1.165, 1.54) is 64.2 Å². The molecule has 1 fully saturated rings. The lowest BCUT2D eigenvalue weighted by molar-refractivity contribution is -0.0939. The quantitative estimate of drug-likeness (QED) is 0.396. The maximum Gasteiger partial charge on any atom is -0.0266 e. The molecule has 0 N–H and O–H groups in total. The second kappa shape index (κ2) is 7.85. The molecule has 1 rings (SSSR count). The molecule has 3 atom stereocenters. The van der Waals surface area contributed by atoms with Crippen LogP contribution in [0.4, 0.5) is 0 Å². The summed E-state index contributed by atoms with van der Waals surface area (Å²) in [6.07, 6.45) is 14.3. The Kier molecular flexibility index (Phi) is 7.09. The second-order valence-electron chi connectivity index (χ2n) is 7.72. The van der Waals surface area contributed by atoms with Gasteiger partial charge in [-0.25, -0.2) is 0 Å². The molecule has 1 aliphatic carbocycles. The summed E-state index contributed by atoms with van der Waals surface area (Å²) in [5.74, 6) is 1.92. The molecule has 0 saturated heterocycles. The summed E-state index contributed by atoms with van der Waals surface area (Å²) in [7, 11) is 0. The average Bonchev–Trinajstić information content (AvgIpc) is 2.42. The van der Waals surface area contributed by atoms with Crippen LogP contribution in [0.2, 0.25) is 0 Å². The van der Waals surface area contributed by atoms with Gasteiger partial charge in [-0.2, -0.15) is 0 Å². The summed E-state index contributed by atoms with van der Waals surface area (Å²) in [6.45, 7) is 14.6. The molecule has 0 heterocycles. The zero-order chi connectivity index (χ0) is 15.2. The summed E-state index contributed by atoms with van der Waals surface area (Å²) in [5, 5.41) is 0. The maximum absolute atomic E-state index is 2.50. The van der Waals surface area contributed by atoms with E-state index in [1.807, 2.05) is 0 Å². The van der Waals surface area contributed by atoms with Crippen molar-refractivity contribution in [1.29, 1.82) is 0 Å². The van der Waals surface area contributed by atoms with E-state index in [0.717, 1.165) is 11.8 Å². The molecule has 0 nitrogen and oxygen atoms in total. The molecule has 1 saturated carbocycles. The van der Waals surface area contributed by atoms with E-state index >= 15 is 0 Å². The number of hydrogen-bond donors (Lipinski definition) is 0. The smallest absolute Gasteiger partial charge is 0.0266 e. The number of rotatable bonds is 10. The Morgan fingerprint density at radius 1 is 1.05 bits per heavy atom. The minimum absolute atomic E-state index is 0.637. The molecule has 0 aromatic rings. The van der Waals surface area contributed by atoms with Gasteiger partial charge in [-0.1, -0.05) is 80.1 Å². The van der Waals surface area contributed by atoms with E-state index in [2.05, 4.69) is 41.5 Å². The monoisotopic (exact) mass is 280 g/mol. The van der Waals surface area contributed by atoms with Gasteiger partial charge in [0, 0.05) is 0 Å². The van der Waals surface area contributed by atoms with Crippen molar-refractivity contribution in [3.63, 3.8) is 0 Å². The van der Waals surface area contributed by atoms with Gasteiger partial charge in [0.25, 0.3) is 0 Å². The molecule has 3 unspecified atom stereocenters. The van der Waals surface area contributed by atoms with Gasteiger partial charge >= 0.3 is 0 Å². The normalized spacial score (nSPS) is 28.2. The fourth-order valence-corrected chi connectivity index (χ4v) is 5.51. The van der Waals surface area contributed by atoms with E-state index < -0.39 is 0 Å². The van der Waals surface area contributed by atoms with Crippen molar-refractivity contribution < 1.29 is 0 Å². The fourth-order valence-electron chi connectivity index (χ4n) is 5.51. The summed E-state index contributed by atoms with van der Waals surface area (Å²) in [4.78, 5) is 0. The Hall–Kier alpha value is 0. The maximum atomic E-state index is 2.50. The van der Waals surface area contributed by atoms with Gasteiger partial charge in [-0.15, -0.1) is 0 Å². The van der Waals surface area contributed by atoms with Crippen LogP contribution in [0.15, 0.2) is 0 Å². The Labute approximate surface area is 129 Å². The summed E-state index contributed by atoms with van der Waals surface area (Å²) < 4.78 is 0. The van der Waals surface area contributed by atoms with Gasteiger partial charge < -0.3 is 0 Å². The van der Waals surface area contributed by atoms with Crippen molar-refractivity contribution in [3.05, 3.63) is 0 Å². The average molecular weight is 281 g/mol. The van der Waals surface area contributed by atoms with E-state index in [0.29, 0.717) is 10.8 Å². The predicted molar refractivity (Wildman–Crippen MR) is 92.1 cm³/mol. The Morgan fingerprint density at radius 3 is 2.05 bits per heavy atom. The molecule has 0 amide bonds. The summed E-state index contributed by atoms with van der Waals surface area (Å²) in [5.41, 5.74) is 1.34. The highest BCUT2D eigenvalue weighted by Gasteiger charge is 2.53. The van der Waals surface area contributed by atoms with Crippen LogP contribution >= 0.6 is 0 Å². The van der Waals surface area contributed by atoms with E-state index in [9.17, 15) is 0 Å². The van der Waals surface area contributed by atoms with Crippen LogP contribution in [-0.4, -0.2) is 0 Å². The second-order valence-corrected chi connectivity index (χ2v) is 7.72. The fraction of sp³-hybridized carbons (Fsp3) is 1.00. The van der Waals surface area contributed by atoms with Crippen LogP contribution in [0, 0.1) is 22.7 Å². The molecule has 0 aromatic carbocycles. The third-order valence-corrected chi connectivity index (χ3v) is 6.81. The first-order valence-corrected chi connectivity index (χ1v) is 9.54. The van der Waals surface area contributed by atoms with Crippen molar-refractivity contribution in [1.82, 2.24) is 0 Å². The van der Waals surface area contributed by atoms with Gasteiger partial charge in [-0.3, -0.25) is 0 Å². The van der Waals surface area contributed by atoms with E-state index in [1.54, 1.807) is 0 Å². The third-order valence-electron chi connectivity index (χ3n) is 6.81. The molecule has 0 bridgehead atoms. The molecule has 0 spiro atoms. The highest BCUT2D eigenvalue weighted by atomic mass is 14.6. The molecule has 0 heteroatoms. The van der Waals surface area contributed by atoms with Crippen molar-refractivity contribution in [2.75, 3.05) is 0 Å². The number of hydrogen-bond acceptors (Lipinski definition) is 0. The standard InChI is InChI=1S/C20H40/c1-7-12-17(6)16-19(9-3,10-4)18-13-15-20(18,11-5)14-8-2/h17-18H,7-16H2,1-6H3. The summed E-state index contributed by atoms with van der Waals surface area (Å²) in [6, 6.07) is 0.